The van der Waals surface area contributed by atoms with E-state index in [-0.39, 0.29) is 30.0 Å². The first-order valence-corrected chi connectivity index (χ1v) is 10.2. The fourth-order valence-electron chi connectivity index (χ4n) is 3.17. The number of pyridine rings is 1. The van der Waals surface area contributed by atoms with Crippen molar-refractivity contribution in [2.45, 2.75) is 18.8 Å². The molecule has 1 heterocycles. The zero-order valence-corrected chi connectivity index (χ0v) is 18.1. The molecule has 3 rings (SSSR count). The third-order valence-electron chi connectivity index (χ3n) is 5.00. The Morgan fingerprint density at radius 2 is 1.74 bits per heavy atom. The smallest absolute Gasteiger partial charge is 0.416 e. The highest BCUT2D eigenvalue weighted by Gasteiger charge is 2.30. The van der Waals surface area contributed by atoms with Crippen molar-refractivity contribution in [3.8, 4) is 12.3 Å². The lowest BCUT2D eigenvalue weighted by Crippen LogP contribution is -2.35. The van der Waals surface area contributed by atoms with Crippen LogP contribution in [-0.2, 0) is 22.3 Å². The van der Waals surface area contributed by atoms with Gasteiger partial charge in [0, 0.05) is 11.8 Å². The minimum absolute atomic E-state index is 0.0270. The van der Waals surface area contributed by atoms with Gasteiger partial charge in [0.1, 0.15) is 5.69 Å². The average Bonchev–Trinajstić information content (AvgIpc) is 2.83. The minimum Gasteiger partial charge on any atom is -0.480 e. The molecule has 0 aliphatic carbocycles. The van der Waals surface area contributed by atoms with Crippen LogP contribution in [-0.4, -0.2) is 28.2 Å². The Labute approximate surface area is 197 Å². The van der Waals surface area contributed by atoms with Gasteiger partial charge in [0.15, 0.2) is 6.04 Å². The Morgan fingerprint density at radius 3 is 2.31 bits per heavy atom. The van der Waals surface area contributed by atoms with E-state index in [1.54, 1.807) is 24.3 Å². The highest BCUT2D eigenvalue weighted by atomic mass is 19.4. The maximum absolute atomic E-state index is 13.1. The standard InChI is InChI=1S/C25H19F3N2O5/c1-2-17-12-13-30(20(24(33)34)15-35-14-16-6-4-3-5-7-16)23(32)21(17)29-22(31)18-8-10-19(11-9-18)25(26,27)28/h1,3-13,20H,14-15H2,(H,29,31)(H,33,34). The first-order valence-electron chi connectivity index (χ1n) is 10.2. The fourth-order valence-corrected chi connectivity index (χ4v) is 3.17. The molecule has 1 aromatic heterocycles. The first-order chi connectivity index (χ1) is 16.6. The van der Waals surface area contributed by atoms with Gasteiger partial charge in [0.25, 0.3) is 11.5 Å². The summed E-state index contributed by atoms with van der Waals surface area (Å²) >= 11 is 0. The zero-order valence-electron chi connectivity index (χ0n) is 18.1. The van der Waals surface area contributed by atoms with E-state index in [0.717, 1.165) is 34.4 Å². The SMILES string of the molecule is C#Cc1ccn(C(COCc2ccccc2)C(=O)O)c(=O)c1NC(=O)c1ccc(C(F)(F)F)cc1. The number of hydrogen-bond acceptors (Lipinski definition) is 4. The molecule has 35 heavy (non-hydrogen) atoms. The molecule has 0 spiro atoms. The molecule has 180 valence electrons. The molecular formula is C25H19F3N2O5. The predicted octanol–water partition coefficient (Wildman–Crippen LogP) is 3.94. The number of hydrogen-bond donors (Lipinski definition) is 2. The van der Waals surface area contributed by atoms with Crippen LogP contribution in [0.25, 0.3) is 0 Å². The Bertz CT molecular complexity index is 1310. The molecule has 7 nitrogen and oxygen atoms in total. The summed E-state index contributed by atoms with van der Waals surface area (Å²) in [6.45, 7) is -0.245. The second-order valence-corrected chi connectivity index (χ2v) is 7.35. The number of halogens is 3. The largest absolute Gasteiger partial charge is 0.480 e. The number of aromatic nitrogens is 1. The lowest BCUT2D eigenvalue weighted by molar-refractivity contribution is -0.143. The van der Waals surface area contributed by atoms with Crippen LogP contribution in [0.4, 0.5) is 18.9 Å². The van der Waals surface area contributed by atoms with Crippen molar-refractivity contribution < 1.29 is 32.6 Å². The molecule has 1 unspecified atom stereocenters. The van der Waals surface area contributed by atoms with E-state index in [4.69, 9.17) is 11.2 Å². The molecule has 2 aromatic carbocycles. The topological polar surface area (TPSA) is 97.6 Å². The number of carbonyl (C=O) groups excluding carboxylic acids is 1. The van der Waals surface area contributed by atoms with E-state index < -0.39 is 35.2 Å². The van der Waals surface area contributed by atoms with E-state index in [2.05, 4.69) is 11.2 Å². The maximum atomic E-state index is 13.1. The second kappa shape index (κ2) is 10.7. The van der Waals surface area contributed by atoms with Crippen LogP contribution in [0.3, 0.4) is 0 Å². The molecular weight excluding hydrogens is 465 g/mol. The molecule has 0 aliphatic rings. The number of amides is 1. The Hall–Kier alpha value is -4.36. The van der Waals surface area contributed by atoms with Gasteiger partial charge < -0.3 is 15.2 Å². The number of carboxylic acids is 1. The van der Waals surface area contributed by atoms with Crippen LogP contribution in [0, 0.1) is 12.3 Å². The van der Waals surface area contributed by atoms with Crippen LogP contribution in [0.1, 0.15) is 33.1 Å². The van der Waals surface area contributed by atoms with Crippen molar-refractivity contribution in [3.63, 3.8) is 0 Å². The predicted molar refractivity (Wildman–Crippen MR) is 121 cm³/mol. The minimum atomic E-state index is -4.58. The van der Waals surface area contributed by atoms with Crippen LogP contribution >= 0.6 is 0 Å². The molecule has 0 saturated heterocycles. The van der Waals surface area contributed by atoms with Gasteiger partial charge in [-0.25, -0.2) is 4.79 Å². The summed E-state index contributed by atoms with van der Waals surface area (Å²) in [6.07, 6.45) is 2.02. The summed E-state index contributed by atoms with van der Waals surface area (Å²) in [5, 5.41) is 11.9. The van der Waals surface area contributed by atoms with Crippen LogP contribution in [0.5, 0.6) is 0 Å². The molecule has 0 saturated carbocycles. The van der Waals surface area contributed by atoms with Crippen molar-refractivity contribution in [1.82, 2.24) is 4.57 Å². The van der Waals surface area contributed by atoms with E-state index >= 15 is 0 Å². The average molecular weight is 484 g/mol. The monoisotopic (exact) mass is 484 g/mol. The van der Waals surface area contributed by atoms with E-state index in [9.17, 15) is 32.7 Å². The van der Waals surface area contributed by atoms with E-state index in [1.807, 2.05) is 6.07 Å². The normalized spacial score (nSPS) is 11.9. The van der Waals surface area contributed by atoms with Gasteiger partial charge in [0.2, 0.25) is 0 Å². The number of aliphatic carboxylic acids is 1. The van der Waals surface area contributed by atoms with Gasteiger partial charge in [-0.15, -0.1) is 6.42 Å². The molecule has 0 fully saturated rings. The number of rotatable bonds is 8. The molecule has 0 radical (unpaired) electrons. The lowest BCUT2D eigenvalue weighted by Gasteiger charge is -2.18. The number of ether oxygens (including phenoxy) is 1. The quantitative estimate of drug-likeness (QED) is 0.472. The van der Waals surface area contributed by atoms with Crippen LogP contribution in [0.15, 0.2) is 71.7 Å². The summed E-state index contributed by atoms with van der Waals surface area (Å²) in [6, 6.07) is 12.2. The molecule has 3 aromatic rings. The molecule has 1 atom stereocenters. The zero-order chi connectivity index (χ0) is 25.6. The number of nitrogens with zero attached hydrogens (tertiary/aromatic N) is 1. The molecule has 0 aliphatic heterocycles. The van der Waals surface area contributed by atoms with Gasteiger partial charge in [0.05, 0.1) is 24.3 Å². The van der Waals surface area contributed by atoms with Crippen molar-refractivity contribution in [2.75, 3.05) is 11.9 Å². The molecule has 10 heteroatoms. The highest BCUT2D eigenvalue weighted by Crippen LogP contribution is 2.29. The van der Waals surface area contributed by atoms with Crippen molar-refractivity contribution in [1.29, 1.82) is 0 Å². The molecule has 1 amide bonds. The summed E-state index contributed by atoms with van der Waals surface area (Å²) in [4.78, 5) is 37.5. The van der Waals surface area contributed by atoms with Crippen molar-refractivity contribution in [2.24, 2.45) is 0 Å². The van der Waals surface area contributed by atoms with Gasteiger partial charge in [-0.1, -0.05) is 36.3 Å². The highest BCUT2D eigenvalue weighted by molar-refractivity contribution is 6.04. The summed E-state index contributed by atoms with van der Waals surface area (Å²) < 4.78 is 44.6. The first kappa shape index (κ1) is 25.3. The second-order valence-electron chi connectivity index (χ2n) is 7.35. The number of carbonyl (C=O) groups is 2. The third kappa shape index (κ3) is 6.16. The summed E-state index contributed by atoms with van der Waals surface area (Å²) in [5.74, 6) is -0.0177. The van der Waals surface area contributed by atoms with Crippen molar-refractivity contribution in [3.05, 3.63) is 99.5 Å². The fraction of sp³-hybridized carbons (Fsp3) is 0.160. The number of anilines is 1. The number of nitrogens with one attached hydrogen (secondary N) is 1. The Balaban J connectivity index is 1.85. The lowest BCUT2D eigenvalue weighted by atomic mass is 10.1. The Morgan fingerprint density at radius 1 is 1.09 bits per heavy atom. The van der Waals surface area contributed by atoms with E-state index in [0.29, 0.717) is 0 Å². The number of benzene rings is 2. The number of terminal acetylenes is 1. The molecule has 0 bridgehead atoms. The Kier molecular flexibility index (Phi) is 7.73. The number of carboxylic acid groups (broad SMARTS) is 1. The summed E-state index contributed by atoms with van der Waals surface area (Å²) in [7, 11) is 0. The van der Waals surface area contributed by atoms with Crippen molar-refractivity contribution >= 4 is 17.6 Å². The summed E-state index contributed by atoms with van der Waals surface area (Å²) in [5.41, 5.74) is -1.61. The third-order valence-corrected chi connectivity index (χ3v) is 5.00. The van der Waals surface area contributed by atoms with Gasteiger partial charge in [-0.3, -0.25) is 14.2 Å². The molecule has 2 N–H and O–H groups in total. The van der Waals surface area contributed by atoms with Gasteiger partial charge >= 0.3 is 12.1 Å². The maximum Gasteiger partial charge on any atom is 0.416 e. The van der Waals surface area contributed by atoms with E-state index in [1.165, 1.54) is 12.3 Å². The van der Waals surface area contributed by atoms with Crippen LogP contribution in [0.2, 0.25) is 0 Å². The van der Waals surface area contributed by atoms with Gasteiger partial charge in [-0.2, -0.15) is 13.2 Å². The van der Waals surface area contributed by atoms with Crippen LogP contribution < -0.4 is 10.9 Å². The number of alkyl halides is 3. The van der Waals surface area contributed by atoms with Gasteiger partial charge in [-0.05, 0) is 35.9 Å².